The Morgan fingerprint density at radius 1 is 1.41 bits per heavy atom. The number of rotatable bonds is 6. The highest BCUT2D eigenvalue weighted by molar-refractivity contribution is 5.07. The molecule has 0 aromatic carbocycles. The smallest absolute Gasteiger partial charge is 0.226 e. The highest BCUT2D eigenvalue weighted by Gasteiger charge is 2.38. The second-order valence-corrected chi connectivity index (χ2v) is 6.07. The molecule has 96 valence electrons. The van der Waals surface area contributed by atoms with Crippen molar-refractivity contribution in [3.63, 3.8) is 0 Å². The number of nitrogens with zero attached hydrogens (tertiary/aromatic N) is 2. The van der Waals surface area contributed by atoms with Crippen molar-refractivity contribution < 1.29 is 4.52 Å². The summed E-state index contributed by atoms with van der Waals surface area (Å²) in [6, 6.07) is 0. The minimum atomic E-state index is 0.260. The van der Waals surface area contributed by atoms with Crippen LogP contribution in [0.4, 0.5) is 0 Å². The van der Waals surface area contributed by atoms with Crippen LogP contribution >= 0.6 is 0 Å². The average molecular weight is 237 g/mol. The third kappa shape index (κ3) is 3.28. The Labute approximate surface area is 103 Å². The molecule has 0 saturated heterocycles. The molecule has 1 heterocycles. The van der Waals surface area contributed by atoms with E-state index in [1.807, 2.05) is 0 Å². The fraction of sp³-hybridized carbons (Fsp3) is 0.846. The average Bonchev–Trinajstić information content (AvgIpc) is 2.79. The molecule has 1 aliphatic rings. The van der Waals surface area contributed by atoms with Crippen LogP contribution in [0.3, 0.4) is 0 Å². The highest BCUT2D eigenvalue weighted by atomic mass is 16.5. The van der Waals surface area contributed by atoms with Gasteiger partial charge in [0.2, 0.25) is 5.89 Å². The van der Waals surface area contributed by atoms with Crippen molar-refractivity contribution in [1.82, 2.24) is 10.1 Å². The zero-order valence-electron chi connectivity index (χ0n) is 11.1. The van der Waals surface area contributed by atoms with E-state index in [1.54, 1.807) is 0 Å². The fourth-order valence-corrected chi connectivity index (χ4v) is 2.16. The summed E-state index contributed by atoms with van der Waals surface area (Å²) in [5.74, 6) is 2.96. The van der Waals surface area contributed by atoms with Gasteiger partial charge in [-0.3, -0.25) is 0 Å². The van der Waals surface area contributed by atoms with E-state index in [0.29, 0.717) is 5.92 Å². The summed E-state index contributed by atoms with van der Waals surface area (Å²) in [7, 11) is 0. The Bertz CT molecular complexity index is 372. The lowest BCUT2D eigenvalue weighted by Gasteiger charge is -2.22. The molecule has 2 N–H and O–H groups in total. The monoisotopic (exact) mass is 237 g/mol. The lowest BCUT2D eigenvalue weighted by atomic mass is 9.84. The van der Waals surface area contributed by atoms with Gasteiger partial charge in [-0.1, -0.05) is 25.9 Å². The van der Waals surface area contributed by atoms with Gasteiger partial charge in [0.1, 0.15) is 0 Å². The van der Waals surface area contributed by atoms with Crippen LogP contribution in [0.1, 0.15) is 57.7 Å². The quantitative estimate of drug-likeness (QED) is 0.825. The minimum absolute atomic E-state index is 0.260. The topological polar surface area (TPSA) is 64.9 Å². The summed E-state index contributed by atoms with van der Waals surface area (Å²) < 4.78 is 5.30. The molecular weight excluding hydrogens is 214 g/mol. The predicted octanol–water partition coefficient (Wildman–Crippen LogP) is 2.50. The molecule has 0 aliphatic heterocycles. The molecule has 0 radical (unpaired) electrons. The van der Waals surface area contributed by atoms with Gasteiger partial charge < -0.3 is 10.3 Å². The van der Waals surface area contributed by atoms with E-state index in [-0.39, 0.29) is 5.41 Å². The summed E-state index contributed by atoms with van der Waals surface area (Å²) in [4.78, 5) is 4.48. The molecule has 2 rings (SSSR count). The Balaban J connectivity index is 1.85. The van der Waals surface area contributed by atoms with Crippen LogP contribution in [0.5, 0.6) is 0 Å². The molecule has 4 nitrogen and oxygen atoms in total. The van der Waals surface area contributed by atoms with Gasteiger partial charge in [0.25, 0.3) is 0 Å². The summed E-state index contributed by atoms with van der Waals surface area (Å²) in [6.45, 7) is 7.44. The van der Waals surface area contributed by atoms with Crippen LogP contribution in [-0.2, 0) is 6.42 Å². The van der Waals surface area contributed by atoms with Crippen molar-refractivity contribution in [2.45, 2.75) is 52.4 Å². The van der Waals surface area contributed by atoms with Gasteiger partial charge in [0.15, 0.2) is 5.82 Å². The van der Waals surface area contributed by atoms with E-state index < -0.39 is 0 Å². The fourth-order valence-electron chi connectivity index (χ4n) is 2.16. The second-order valence-electron chi connectivity index (χ2n) is 6.07. The molecule has 0 spiro atoms. The molecule has 1 aromatic heterocycles. The maximum absolute atomic E-state index is 5.60. The van der Waals surface area contributed by atoms with E-state index in [4.69, 9.17) is 10.3 Å². The SMILES string of the molecule is CC1CC1c1noc(CCC(C)(C)CCN)n1. The van der Waals surface area contributed by atoms with E-state index in [9.17, 15) is 0 Å². The first kappa shape index (κ1) is 12.6. The second kappa shape index (κ2) is 4.77. The maximum Gasteiger partial charge on any atom is 0.226 e. The third-order valence-corrected chi connectivity index (χ3v) is 3.76. The molecule has 2 atom stereocenters. The molecule has 1 aliphatic carbocycles. The van der Waals surface area contributed by atoms with Crippen molar-refractivity contribution in [1.29, 1.82) is 0 Å². The van der Waals surface area contributed by atoms with Crippen LogP contribution in [-0.4, -0.2) is 16.7 Å². The molecule has 1 fully saturated rings. The van der Waals surface area contributed by atoms with Crippen molar-refractivity contribution in [3.8, 4) is 0 Å². The normalized spacial score (nSPS) is 24.0. The maximum atomic E-state index is 5.60. The zero-order chi connectivity index (χ0) is 12.5. The molecule has 1 saturated carbocycles. The van der Waals surface area contributed by atoms with Gasteiger partial charge in [-0.05, 0) is 37.1 Å². The molecular formula is C13H23N3O. The summed E-state index contributed by atoms with van der Waals surface area (Å²) in [5.41, 5.74) is 5.86. The number of aryl methyl sites for hydroxylation is 1. The molecule has 0 amide bonds. The first-order chi connectivity index (χ1) is 8.02. The van der Waals surface area contributed by atoms with Crippen molar-refractivity contribution in [3.05, 3.63) is 11.7 Å². The van der Waals surface area contributed by atoms with E-state index in [1.165, 1.54) is 6.42 Å². The van der Waals surface area contributed by atoms with Crippen molar-refractivity contribution in [2.24, 2.45) is 17.1 Å². The lowest BCUT2D eigenvalue weighted by Crippen LogP contribution is -2.17. The molecule has 2 unspecified atom stereocenters. The molecule has 17 heavy (non-hydrogen) atoms. The number of hydrogen-bond acceptors (Lipinski definition) is 4. The summed E-state index contributed by atoms with van der Waals surface area (Å²) in [5, 5.41) is 4.06. The Hall–Kier alpha value is -0.900. The van der Waals surface area contributed by atoms with Gasteiger partial charge in [-0.2, -0.15) is 4.98 Å². The zero-order valence-corrected chi connectivity index (χ0v) is 11.1. The molecule has 0 bridgehead atoms. The first-order valence-electron chi connectivity index (χ1n) is 6.54. The van der Waals surface area contributed by atoms with Gasteiger partial charge in [0, 0.05) is 12.3 Å². The molecule has 4 heteroatoms. The van der Waals surface area contributed by atoms with E-state index in [2.05, 4.69) is 30.9 Å². The standard InChI is InChI=1S/C13H23N3O/c1-9-8-10(9)12-15-11(17-16-12)4-5-13(2,3)6-7-14/h9-10H,4-8,14H2,1-3H3. The van der Waals surface area contributed by atoms with E-state index in [0.717, 1.165) is 43.4 Å². The summed E-state index contributed by atoms with van der Waals surface area (Å²) in [6.07, 6.45) is 4.15. The van der Waals surface area contributed by atoms with Crippen LogP contribution in [0.2, 0.25) is 0 Å². The van der Waals surface area contributed by atoms with Crippen LogP contribution in [0.15, 0.2) is 4.52 Å². The van der Waals surface area contributed by atoms with Gasteiger partial charge in [0.05, 0.1) is 0 Å². The number of aromatic nitrogens is 2. The Morgan fingerprint density at radius 2 is 2.12 bits per heavy atom. The van der Waals surface area contributed by atoms with Crippen LogP contribution < -0.4 is 5.73 Å². The Kier molecular flexibility index (Phi) is 3.52. The minimum Gasteiger partial charge on any atom is -0.339 e. The largest absolute Gasteiger partial charge is 0.339 e. The van der Waals surface area contributed by atoms with Gasteiger partial charge in [-0.15, -0.1) is 0 Å². The van der Waals surface area contributed by atoms with Gasteiger partial charge in [-0.25, -0.2) is 0 Å². The van der Waals surface area contributed by atoms with Crippen molar-refractivity contribution >= 4 is 0 Å². The molecule has 1 aromatic rings. The number of nitrogens with two attached hydrogens (primary N) is 1. The van der Waals surface area contributed by atoms with E-state index >= 15 is 0 Å². The highest BCUT2D eigenvalue weighted by Crippen LogP contribution is 2.45. The summed E-state index contributed by atoms with van der Waals surface area (Å²) >= 11 is 0. The predicted molar refractivity (Wildman–Crippen MR) is 66.6 cm³/mol. The first-order valence-corrected chi connectivity index (χ1v) is 6.54. The van der Waals surface area contributed by atoms with Crippen LogP contribution in [0, 0.1) is 11.3 Å². The van der Waals surface area contributed by atoms with Crippen LogP contribution in [0.25, 0.3) is 0 Å². The number of hydrogen-bond donors (Lipinski definition) is 1. The lowest BCUT2D eigenvalue weighted by molar-refractivity contribution is 0.288. The Morgan fingerprint density at radius 3 is 2.71 bits per heavy atom. The van der Waals surface area contributed by atoms with Crippen molar-refractivity contribution in [2.75, 3.05) is 6.54 Å². The van der Waals surface area contributed by atoms with Gasteiger partial charge >= 0.3 is 0 Å². The third-order valence-electron chi connectivity index (χ3n) is 3.76.